The highest BCUT2D eigenvalue weighted by atomic mass is 16.2. The molecule has 4 heterocycles. The second kappa shape index (κ2) is 8.13. The molecule has 4 aromatic rings. The van der Waals surface area contributed by atoms with Crippen LogP contribution in [0.2, 0.25) is 0 Å². The van der Waals surface area contributed by atoms with Crippen LogP contribution in [0, 0.1) is 5.92 Å². The predicted octanol–water partition coefficient (Wildman–Crippen LogP) is 1.37. The summed E-state index contributed by atoms with van der Waals surface area (Å²) in [6.07, 6.45) is 5.15. The first-order valence-electron chi connectivity index (χ1n) is 10.3. The van der Waals surface area contributed by atoms with Crippen LogP contribution in [0.15, 0.2) is 54.9 Å². The van der Waals surface area contributed by atoms with Crippen molar-refractivity contribution in [2.75, 3.05) is 18.0 Å². The van der Waals surface area contributed by atoms with Gasteiger partial charge in [0.15, 0.2) is 11.5 Å². The van der Waals surface area contributed by atoms with Crippen LogP contribution in [-0.2, 0) is 11.8 Å². The van der Waals surface area contributed by atoms with E-state index in [1.807, 2.05) is 60.3 Å². The molecule has 31 heavy (non-hydrogen) atoms. The number of nitrogens with one attached hydrogen (secondary N) is 1. The van der Waals surface area contributed by atoms with Gasteiger partial charge in [-0.15, -0.1) is 14.8 Å². The second-order valence-corrected chi connectivity index (χ2v) is 7.73. The van der Waals surface area contributed by atoms with Crippen LogP contribution in [-0.4, -0.2) is 53.8 Å². The number of piperidine rings is 1. The molecule has 1 aliphatic heterocycles. The Morgan fingerprint density at radius 3 is 2.68 bits per heavy atom. The Morgan fingerprint density at radius 2 is 1.94 bits per heavy atom. The lowest BCUT2D eigenvalue weighted by atomic mass is 9.95. The largest absolute Gasteiger partial charge is 0.355 e. The molecule has 1 N–H and O–H groups in total. The van der Waals surface area contributed by atoms with Crippen molar-refractivity contribution in [2.45, 2.75) is 18.9 Å². The van der Waals surface area contributed by atoms with E-state index in [-0.39, 0.29) is 17.9 Å². The van der Waals surface area contributed by atoms with Crippen molar-refractivity contribution in [2.24, 2.45) is 13.0 Å². The summed E-state index contributed by atoms with van der Waals surface area (Å²) in [5.74, 6) is 1.63. The molecule has 5 rings (SSSR count). The molecule has 0 saturated carbocycles. The number of rotatable bonds is 5. The Labute approximate surface area is 178 Å². The SMILES string of the molecule is Cn1ccnc1[C@@H](NC(=O)C1CCN(c2ccc3nnnn3n2)CC1)c1ccccc1. The van der Waals surface area contributed by atoms with Gasteiger partial charge in [0, 0.05) is 38.4 Å². The summed E-state index contributed by atoms with van der Waals surface area (Å²) >= 11 is 0. The molecule has 10 heteroatoms. The summed E-state index contributed by atoms with van der Waals surface area (Å²) in [5, 5.41) is 19.1. The fourth-order valence-electron chi connectivity index (χ4n) is 4.04. The van der Waals surface area contributed by atoms with Gasteiger partial charge < -0.3 is 14.8 Å². The number of aryl methyl sites for hydroxylation is 1. The van der Waals surface area contributed by atoms with Crippen molar-refractivity contribution in [1.82, 2.24) is 40.1 Å². The van der Waals surface area contributed by atoms with E-state index in [9.17, 15) is 4.79 Å². The lowest BCUT2D eigenvalue weighted by Gasteiger charge is -2.32. The van der Waals surface area contributed by atoms with Crippen molar-refractivity contribution in [3.63, 3.8) is 0 Å². The molecule has 1 fully saturated rings. The summed E-state index contributed by atoms with van der Waals surface area (Å²) in [6, 6.07) is 13.4. The average Bonchev–Trinajstić information content (AvgIpc) is 3.46. The normalized spacial score (nSPS) is 15.8. The number of amides is 1. The topological polar surface area (TPSA) is 106 Å². The molecule has 1 aromatic carbocycles. The van der Waals surface area contributed by atoms with Gasteiger partial charge >= 0.3 is 0 Å². The van der Waals surface area contributed by atoms with Gasteiger partial charge in [-0.05, 0) is 41.0 Å². The molecule has 1 saturated heterocycles. The minimum atomic E-state index is -0.282. The Kier molecular flexibility index (Phi) is 5.03. The molecule has 10 nitrogen and oxygen atoms in total. The number of anilines is 1. The van der Waals surface area contributed by atoms with Crippen LogP contribution in [0.3, 0.4) is 0 Å². The van der Waals surface area contributed by atoms with Gasteiger partial charge in [-0.25, -0.2) is 4.98 Å². The molecule has 1 aliphatic rings. The quantitative estimate of drug-likeness (QED) is 0.523. The van der Waals surface area contributed by atoms with E-state index in [2.05, 4.69) is 35.8 Å². The predicted molar refractivity (Wildman–Crippen MR) is 113 cm³/mol. The Hall–Kier alpha value is -3.82. The van der Waals surface area contributed by atoms with Crippen LogP contribution < -0.4 is 10.2 Å². The first-order valence-corrected chi connectivity index (χ1v) is 10.3. The Morgan fingerprint density at radius 1 is 1.13 bits per heavy atom. The molecular formula is C21H23N9O. The molecule has 1 atom stereocenters. The number of hydrogen-bond donors (Lipinski definition) is 1. The molecule has 0 unspecified atom stereocenters. The molecule has 158 valence electrons. The highest BCUT2D eigenvalue weighted by Gasteiger charge is 2.29. The van der Waals surface area contributed by atoms with Crippen molar-refractivity contribution in [1.29, 1.82) is 0 Å². The zero-order valence-electron chi connectivity index (χ0n) is 17.2. The van der Waals surface area contributed by atoms with E-state index in [0.717, 1.165) is 43.1 Å². The third-order valence-corrected chi connectivity index (χ3v) is 5.78. The average molecular weight is 417 g/mol. The monoisotopic (exact) mass is 417 g/mol. The Bertz CT molecular complexity index is 1180. The van der Waals surface area contributed by atoms with Crippen LogP contribution >= 0.6 is 0 Å². The molecule has 0 bridgehead atoms. The number of hydrogen-bond acceptors (Lipinski definition) is 7. The standard InChI is InChI=1S/C21H23N9O/c1-28-14-11-22-20(28)19(15-5-3-2-4-6-15)23-21(31)16-9-12-29(13-10-16)18-8-7-17-24-26-27-30(17)25-18/h2-8,11,14,16,19H,9-10,12-13H2,1H3,(H,23,31)/t19-/m0/s1. The zero-order valence-corrected chi connectivity index (χ0v) is 17.2. The van der Waals surface area contributed by atoms with Gasteiger partial charge in [-0.3, -0.25) is 4.79 Å². The maximum absolute atomic E-state index is 13.2. The molecule has 3 aromatic heterocycles. The summed E-state index contributed by atoms with van der Waals surface area (Å²) in [4.78, 5) is 19.8. The minimum Gasteiger partial charge on any atom is -0.355 e. The number of carbonyl (C=O) groups is 1. The molecule has 0 spiro atoms. The third kappa shape index (κ3) is 3.83. The van der Waals surface area contributed by atoms with Gasteiger partial charge in [0.1, 0.15) is 11.9 Å². The number of benzene rings is 1. The fraction of sp³-hybridized carbons (Fsp3) is 0.333. The van der Waals surface area contributed by atoms with Gasteiger partial charge in [0.2, 0.25) is 5.91 Å². The molecule has 0 aliphatic carbocycles. The van der Waals surface area contributed by atoms with Crippen molar-refractivity contribution >= 4 is 17.4 Å². The number of imidazole rings is 1. The van der Waals surface area contributed by atoms with Crippen LogP contribution in [0.5, 0.6) is 0 Å². The summed E-state index contributed by atoms with van der Waals surface area (Å²) in [7, 11) is 1.94. The number of carbonyl (C=O) groups excluding carboxylic acids is 1. The first-order chi connectivity index (χ1) is 15.2. The minimum absolute atomic E-state index is 0.0559. The van der Waals surface area contributed by atoms with E-state index >= 15 is 0 Å². The summed E-state index contributed by atoms with van der Waals surface area (Å²) in [5.41, 5.74) is 1.63. The van der Waals surface area contributed by atoms with Crippen molar-refractivity contribution in [3.8, 4) is 0 Å². The first kappa shape index (κ1) is 19.2. The van der Waals surface area contributed by atoms with E-state index in [1.54, 1.807) is 6.20 Å². The number of fused-ring (bicyclic) bond motifs is 1. The molecule has 1 amide bonds. The number of aromatic nitrogens is 7. The zero-order chi connectivity index (χ0) is 21.2. The smallest absolute Gasteiger partial charge is 0.224 e. The highest BCUT2D eigenvalue weighted by Crippen LogP contribution is 2.25. The van der Waals surface area contributed by atoms with Crippen LogP contribution in [0.25, 0.3) is 5.65 Å². The van der Waals surface area contributed by atoms with Gasteiger partial charge in [0.05, 0.1) is 0 Å². The maximum atomic E-state index is 13.2. The third-order valence-electron chi connectivity index (χ3n) is 5.78. The fourth-order valence-corrected chi connectivity index (χ4v) is 4.04. The van der Waals surface area contributed by atoms with E-state index in [0.29, 0.717) is 5.65 Å². The van der Waals surface area contributed by atoms with Crippen LogP contribution in [0.4, 0.5) is 5.82 Å². The van der Waals surface area contributed by atoms with Crippen molar-refractivity contribution in [3.05, 3.63) is 66.2 Å². The second-order valence-electron chi connectivity index (χ2n) is 7.73. The number of tetrazole rings is 1. The molecule has 0 radical (unpaired) electrons. The van der Waals surface area contributed by atoms with Crippen LogP contribution in [0.1, 0.15) is 30.3 Å². The van der Waals surface area contributed by atoms with E-state index in [1.165, 1.54) is 4.63 Å². The lowest BCUT2D eigenvalue weighted by Crippen LogP contribution is -2.42. The van der Waals surface area contributed by atoms with Crippen molar-refractivity contribution < 1.29 is 4.79 Å². The van der Waals surface area contributed by atoms with Gasteiger partial charge in [-0.1, -0.05) is 30.3 Å². The highest BCUT2D eigenvalue weighted by molar-refractivity contribution is 5.79. The Balaban J connectivity index is 1.27. The molecular weight excluding hydrogens is 394 g/mol. The number of nitrogens with zero attached hydrogens (tertiary/aromatic N) is 8. The summed E-state index contributed by atoms with van der Waals surface area (Å²) in [6.45, 7) is 1.49. The maximum Gasteiger partial charge on any atom is 0.224 e. The van der Waals surface area contributed by atoms with E-state index in [4.69, 9.17) is 0 Å². The summed E-state index contributed by atoms with van der Waals surface area (Å²) < 4.78 is 3.37. The van der Waals surface area contributed by atoms with Gasteiger partial charge in [0.25, 0.3) is 0 Å². The lowest BCUT2D eigenvalue weighted by molar-refractivity contribution is -0.126. The van der Waals surface area contributed by atoms with E-state index < -0.39 is 0 Å². The van der Waals surface area contributed by atoms with Gasteiger partial charge in [-0.2, -0.15) is 0 Å².